The molecule has 0 unspecified atom stereocenters. The van der Waals surface area contributed by atoms with E-state index in [-0.39, 0.29) is 153 Å². The van der Waals surface area contributed by atoms with Crippen molar-refractivity contribution in [3.05, 3.63) is 185 Å². The smallest absolute Gasteiger partial charge is 1.00 e. The van der Waals surface area contributed by atoms with Crippen LogP contribution in [0.3, 0.4) is 0 Å². The Morgan fingerprint density at radius 1 is 0.667 bits per heavy atom. The minimum Gasteiger partial charge on any atom is -1.00 e. The molecule has 93 heavy (non-hydrogen) atoms. The maximum Gasteiger partial charge on any atom is 1.00 e. The van der Waals surface area contributed by atoms with E-state index in [0.717, 1.165) is 77.8 Å². The Labute approximate surface area is 689 Å². The van der Waals surface area contributed by atoms with Crippen LogP contribution in [0.1, 0.15) is 15.8 Å². The summed E-state index contributed by atoms with van der Waals surface area (Å²) in [6, 6.07) is 39.2. The summed E-state index contributed by atoms with van der Waals surface area (Å²) < 4.78 is 53.0. The number of carbonyl (C=O) groups is 2. The number of rotatable bonds is 7. The van der Waals surface area contributed by atoms with E-state index in [0.29, 0.717) is 10.7 Å². The molecule has 17 nitrogen and oxygen atoms in total. The number of aliphatic carboxylic acids is 1. The molecule has 0 amide bonds. The molecule has 0 bridgehead atoms. The molecule has 0 saturated heterocycles. The summed E-state index contributed by atoms with van der Waals surface area (Å²) in [5.74, 6) is 24.2. The van der Waals surface area contributed by atoms with Gasteiger partial charge in [-0.1, -0.05) is 92.5 Å². The summed E-state index contributed by atoms with van der Waals surface area (Å²) in [5.41, 5.74) is 5.17. The van der Waals surface area contributed by atoms with Crippen LogP contribution in [-0.4, -0.2) is 75.4 Å². The van der Waals surface area contributed by atoms with Gasteiger partial charge in [0, 0.05) is 68.7 Å². The van der Waals surface area contributed by atoms with Crippen molar-refractivity contribution in [1.29, 1.82) is 0 Å². The van der Waals surface area contributed by atoms with Gasteiger partial charge in [0.15, 0.2) is 0 Å². The van der Waals surface area contributed by atoms with Gasteiger partial charge in [0.2, 0.25) is 0 Å². The number of nitrogens with zero attached hydrogens (tertiary/aromatic N) is 7. The van der Waals surface area contributed by atoms with Crippen molar-refractivity contribution in [2.45, 2.75) is 45.3 Å². The number of benzene rings is 3. The Morgan fingerprint density at radius 2 is 1.06 bits per heavy atom. The molecule has 0 aliphatic heterocycles. The normalized spacial score (nSPS) is 9.08. The summed E-state index contributed by atoms with van der Waals surface area (Å²) in [4.78, 5) is 36.2. The van der Waals surface area contributed by atoms with Crippen LogP contribution in [-0.2, 0) is 28.6 Å². The van der Waals surface area contributed by atoms with E-state index in [1.807, 2.05) is 84.7 Å². The number of carboxylic acids is 1. The van der Waals surface area contributed by atoms with Crippen LogP contribution in [0.15, 0.2) is 218 Å². The molecule has 11 aromatic rings. The second-order valence-electron chi connectivity index (χ2n) is 16.1. The summed E-state index contributed by atoms with van der Waals surface area (Å²) in [7, 11) is 2.17. The predicted molar refractivity (Wildman–Crippen MR) is 355 cm³/mol. The monoisotopic (exact) mass is 1700 g/mol. The van der Waals surface area contributed by atoms with Gasteiger partial charge < -0.3 is 40.0 Å². The number of aryl methyl sites for hydroxylation is 2. The van der Waals surface area contributed by atoms with Crippen molar-refractivity contribution >= 4 is 138 Å². The molecule has 464 valence electrons. The minimum absolute atomic E-state index is 0. The zero-order valence-electron chi connectivity index (χ0n) is 49.8. The van der Waals surface area contributed by atoms with E-state index < -0.39 is 19.3 Å². The van der Waals surface area contributed by atoms with Gasteiger partial charge in [-0.15, -0.1) is 19.1 Å². The number of halogens is 6. The molecular formula is C64H48BBr2ClCs2F3N7O10S3. The summed E-state index contributed by atoms with van der Waals surface area (Å²) in [5, 5.41) is 46.1. The Hall–Kier alpha value is -5.41. The second-order valence-corrected chi connectivity index (χ2v) is 20.9. The van der Waals surface area contributed by atoms with E-state index in [2.05, 4.69) is 176 Å². The van der Waals surface area contributed by atoms with Crippen molar-refractivity contribution in [2.75, 3.05) is 0 Å². The maximum absolute atomic E-state index is 10.6. The Bertz CT molecular complexity index is 4450. The fourth-order valence-corrected chi connectivity index (χ4v) is 8.90. The van der Waals surface area contributed by atoms with Crippen molar-refractivity contribution in [2.24, 2.45) is 14.1 Å². The number of aromatic nitrogens is 7. The summed E-state index contributed by atoms with van der Waals surface area (Å²) in [6.45, 7) is 1.53. The second kappa shape index (κ2) is 48.3. The average molecular weight is 1700 g/mol. The summed E-state index contributed by atoms with van der Waals surface area (Å²) >= 11 is 19.9. The van der Waals surface area contributed by atoms with Gasteiger partial charge in [-0.25, -0.2) is 19.7 Å². The third-order valence-electron chi connectivity index (χ3n) is 10.2. The minimum atomic E-state index is -5.08. The fourth-order valence-electron chi connectivity index (χ4n) is 6.23. The molecule has 29 heteroatoms. The number of furan rings is 3. The number of hydrogen-bond acceptors (Lipinski definition) is 17. The molecule has 0 radical (unpaired) electrons. The molecule has 3 aromatic carbocycles. The molecule has 0 aliphatic rings. The van der Waals surface area contributed by atoms with E-state index >= 15 is 0 Å². The molecule has 0 atom stereocenters. The number of fused-ring (bicyclic) bond motifs is 3. The molecule has 0 aliphatic carbocycles. The SMILES string of the molecule is Brc1ccc(Sc2nccc3occc23)cc1.C.C#CC#CC#CC#CC#CC#CC.Clc1nccc2occc12.Cn1nccc1-c1ccc(Sc2nccc3occc23)cc1.Cn1nccc1B(O)O.O=C(O)C(F)(F)F.O=CO[O-].Sc1ccc(Br)cc1.[Cs+].[Cs+].[H-]. The van der Waals surface area contributed by atoms with Gasteiger partial charge in [0.05, 0.1) is 46.2 Å². The van der Waals surface area contributed by atoms with Crippen LogP contribution in [0.4, 0.5) is 13.2 Å². The number of thiol groups is 1. The molecule has 11 rings (SSSR count). The number of alkyl halides is 3. The fraction of sp³-hybridized carbons (Fsp3) is 0.0781. The number of terminal acetylenes is 1. The van der Waals surface area contributed by atoms with E-state index in [1.54, 1.807) is 93.1 Å². The van der Waals surface area contributed by atoms with Crippen LogP contribution in [0.5, 0.6) is 0 Å². The van der Waals surface area contributed by atoms with Gasteiger partial charge in [-0.3, -0.25) is 14.2 Å². The van der Waals surface area contributed by atoms with Crippen LogP contribution in [0.2, 0.25) is 5.15 Å². The third kappa shape index (κ3) is 32.7. The van der Waals surface area contributed by atoms with E-state index in [9.17, 15) is 13.2 Å². The van der Waals surface area contributed by atoms with Gasteiger partial charge in [-0.2, -0.15) is 23.4 Å². The molecule has 0 fully saturated rings. The molecule has 0 saturated carbocycles. The number of carboxylic acid groups (broad SMARTS) is 1. The van der Waals surface area contributed by atoms with Crippen LogP contribution < -0.4 is 149 Å². The van der Waals surface area contributed by atoms with Crippen LogP contribution in [0, 0.1) is 71.5 Å². The average Bonchev–Trinajstić information content (AvgIpc) is 1.95. The van der Waals surface area contributed by atoms with E-state index in [1.165, 1.54) is 10.9 Å². The van der Waals surface area contributed by atoms with Crippen molar-refractivity contribution in [1.82, 2.24) is 34.5 Å². The van der Waals surface area contributed by atoms with Crippen molar-refractivity contribution < 1.29 is 201 Å². The number of hydrogen-bond donors (Lipinski definition) is 4. The Kier molecular flexibility index (Phi) is 44.5. The Morgan fingerprint density at radius 3 is 1.43 bits per heavy atom. The zero-order valence-corrected chi connectivity index (χ0v) is 67.8. The topological polar surface area (TPSA) is 241 Å². The molecular weight excluding hydrogens is 1650 g/mol. The quantitative estimate of drug-likeness (QED) is 0.0241. The van der Waals surface area contributed by atoms with E-state index in [4.69, 9.17) is 61.3 Å². The van der Waals surface area contributed by atoms with Gasteiger partial charge >= 0.3 is 157 Å². The first-order valence-corrected chi connectivity index (χ1v) is 28.8. The van der Waals surface area contributed by atoms with Gasteiger partial charge in [0.25, 0.3) is 6.47 Å². The van der Waals surface area contributed by atoms with Crippen LogP contribution in [0.25, 0.3) is 44.2 Å². The molecule has 8 heterocycles. The molecule has 3 N–H and O–H groups in total. The molecule has 0 spiro atoms. The maximum atomic E-state index is 10.6. The first-order valence-electron chi connectivity index (χ1n) is 24.8. The first-order chi connectivity index (χ1) is 43.3. The van der Waals surface area contributed by atoms with Crippen LogP contribution >= 0.6 is 79.6 Å². The first kappa shape index (κ1) is 85.6. The van der Waals surface area contributed by atoms with Crippen molar-refractivity contribution in [3.8, 4) is 82.8 Å². The Balaban J connectivity index is 0.00000109. The summed E-state index contributed by atoms with van der Waals surface area (Å²) in [6.07, 6.45) is 13.2. The van der Waals surface area contributed by atoms with Crippen molar-refractivity contribution in [3.63, 3.8) is 0 Å². The molecule has 8 aromatic heterocycles. The zero-order chi connectivity index (χ0) is 65.7. The van der Waals surface area contributed by atoms with Gasteiger partial charge in [0.1, 0.15) is 32.0 Å². The number of carbonyl (C=O) groups excluding carboxylic acids is 1. The number of pyridine rings is 3. The predicted octanol–water partition coefficient (Wildman–Crippen LogP) is 6.92. The third-order valence-corrected chi connectivity index (χ3v) is 13.9. The standard InChI is InChI=1S/C17H13N3OS.C13H8BrNOS.C13H4.C7H4ClNO.C6H5BrS.C4H7BN2O2.C2HF3O2.CH2O3.CH4.2Cs.H/c1-20-15(6-10-19-20)12-2-4-13(5-3-12)22-17-14-8-11-21-16(14)7-9-18-17;14-9-1-3-10(4-2-9)17-13-11-6-8-16-12(11)5-7-15-13;1-3-5-7-9-11-13-12-10-8-6-4-2;8-7-5-2-4-10-6(5)1-3-9-7;7-5-1-3-6(8)4-2-5;1-7-4(5(8)9)2-3-6-7;3-2(4,5)1(6)7;2-1-4-3;;;;/h2-11H,1H3;1-8H;1H,2H3;1-4H;1-4,8H;2-3,8-9H,1H3;(H,6,7);1,3H;1H4;;;/q;;;;;;;;;2*+1;-1/p-1. The van der Waals surface area contributed by atoms with Gasteiger partial charge in [-0.05, 0) is 181 Å². The largest absolute Gasteiger partial charge is 1.00 e.